The zero-order valence-corrected chi connectivity index (χ0v) is 23.8. The number of aliphatic hydroxyl groups excluding tert-OH is 3. The van der Waals surface area contributed by atoms with Crippen LogP contribution in [0.3, 0.4) is 0 Å². The number of allylic oxidation sites excluding steroid dienone is 2. The monoisotopic (exact) mass is 607 g/mol. The smallest absolute Gasteiger partial charge is 0.237 e. The van der Waals surface area contributed by atoms with E-state index in [-0.39, 0.29) is 46.7 Å². The van der Waals surface area contributed by atoms with Crippen LogP contribution in [0.5, 0.6) is 0 Å². The van der Waals surface area contributed by atoms with E-state index in [1.54, 1.807) is 0 Å². The standard InChI is InChI=1S/C30H33Cl2F2N3O4/c31-18-9-10-22(24(33)13-18)30(16-35)25(20-7-4-8-23(32)26(20)34)27(29(41)36-12-11-19(40)14-38)37-28(30)21(15-39)17-5-2-1-3-6-17/h1-2,4,7-10,13,17,19,21,25,27-28,37-40H,3,5-6,11-12,14-15H2,(H,36,41)/t17?,19-,21?,25-,27+,28-,30+/m0/s1. The van der Waals surface area contributed by atoms with Gasteiger partial charge in [-0.2, -0.15) is 5.26 Å². The Kier molecular flexibility index (Phi) is 10.4. The fourth-order valence-electron chi connectivity index (χ4n) is 6.41. The molecule has 1 fully saturated rings. The van der Waals surface area contributed by atoms with Crippen molar-refractivity contribution in [2.45, 2.75) is 55.2 Å². The van der Waals surface area contributed by atoms with E-state index in [1.165, 1.54) is 30.3 Å². The van der Waals surface area contributed by atoms with Crippen molar-refractivity contribution in [1.82, 2.24) is 10.6 Å². The average molecular weight is 609 g/mol. The third-order valence-corrected chi connectivity index (χ3v) is 8.90. The Morgan fingerprint density at radius 3 is 2.61 bits per heavy atom. The molecule has 7 atom stereocenters. The lowest BCUT2D eigenvalue weighted by molar-refractivity contribution is -0.123. The van der Waals surface area contributed by atoms with Gasteiger partial charge in [0.05, 0.1) is 29.8 Å². The van der Waals surface area contributed by atoms with Gasteiger partial charge in [-0.3, -0.25) is 4.79 Å². The second-order valence-corrected chi connectivity index (χ2v) is 11.5. The number of nitriles is 1. The number of halogens is 4. The van der Waals surface area contributed by atoms with Crippen molar-refractivity contribution in [3.8, 4) is 6.07 Å². The Balaban J connectivity index is 1.93. The number of nitrogens with one attached hydrogen (secondary N) is 2. The summed E-state index contributed by atoms with van der Waals surface area (Å²) in [7, 11) is 0. The summed E-state index contributed by atoms with van der Waals surface area (Å²) in [6.07, 6.45) is 5.10. The first-order chi connectivity index (χ1) is 19.7. The minimum Gasteiger partial charge on any atom is -0.396 e. The first kappa shape index (κ1) is 31.4. The van der Waals surface area contributed by atoms with Crippen molar-refractivity contribution in [2.24, 2.45) is 11.8 Å². The molecular weight excluding hydrogens is 575 g/mol. The highest BCUT2D eigenvalue weighted by molar-refractivity contribution is 6.31. The van der Waals surface area contributed by atoms with Gasteiger partial charge in [0.15, 0.2) is 0 Å². The molecule has 0 aromatic heterocycles. The lowest BCUT2D eigenvalue weighted by Gasteiger charge is -2.41. The first-order valence-electron chi connectivity index (χ1n) is 13.6. The van der Waals surface area contributed by atoms with E-state index in [4.69, 9.17) is 28.3 Å². The van der Waals surface area contributed by atoms with Gasteiger partial charge < -0.3 is 26.0 Å². The largest absolute Gasteiger partial charge is 0.396 e. The number of amides is 1. The van der Waals surface area contributed by atoms with Crippen molar-refractivity contribution in [2.75, 3.05) is 19.8 Å². The number of nitrogens with zero attached hydrogens (tertiary/aromatic N) is 1. The zero-order chi connectivity index (χ0) is 29.7. The van der Waals surface area contributed by atoms with Crippen molar-refractivity contribution >= 4 is 29.1 Å². The Labute approximate surface area is 247 Å². The fourth-order valence-corrected chi connectivity index (χ4v) is 6.75. The van der Waals surface area contributed by atoms with Crippen LogP contribution in [-0.4, -0.2) is 59.2 Å². The van der Waals surface area contributed by atoms with Gasteiger partial charge in [0.2, 0.25) is 5.91 Å². The Morgan fingerprint density at radius 2 is 1.98 bits per heavy atom. The highest BCUT2D eigenvalue weighted by atomic mass is 35.5. The Bertz CT molecular complexity index is 1320. The summed E-state index contributed by atoms with van der Waals surface area (Å²) in [6.45, 7) is -0.867. The third kappa shape index (κ3) is 6.14. The molecule has 41 heavy (non-hydrogen) atoms. The van der Waals surface area contributed by atoms with Gasteiger partial charge in [-0.05, 0) is 55.4 Å². The van der Waals surface area contributed by atoms with Crippen LogP contribution in [-0.2, 0) is 10.2 Å². The molecule has 0 bridgehead atoms. The van der Waals surface area contributed by atoms with E-state index in [0.717, 1.165) is 12.5 Å². The summed E-state index contributed by atoms with van der Waals surface area (Å²) < 4.78 is 31.6. The highest BCUT2D eigenvalue weighted by Gasteiger charge is 2.63. The van der Waals surface area contributed by atoms with Crippen molar-refractivity contribution in [3.05, 3.63) is 81.4 Å². The first-order valence-corrected chi connectivity index (χ1v) is 14.3. The van der Waals surface area contributed by atoms with E-state index >= 15 is 8.78 Å². The molecule has 5 N–H and O–H groups in total. The van der Waals surface area contributed by atoms with Crippen LogP contribution in [0, 0.1) is 34.8 Å². The van der Waals surface area contributed by atoms with Gasteiger partial charge >= 0.3 is 0 Å². The summed E-state index contributed by atoms with van der Waals surface area (Å²) in [5.74, 6) is -4.24. The number of carbonyl (C=O) groups excluding carboxylic acids is 1. The van der Waals surface area contributed by atoms with Gasteiger partial charge in [0, 0.05) is 41.6 Å². The lowest BCUT2D eigenvalue weighted by Crippen LogP contribution is -2.51. The van der Waals surface area contributed by atoms with Crippen molar-refractivity contribution in [3.63, 3.8) is 0 Å². The summed E-state index contributed by atoms with van der Waals surface area (Å²) in [5.41, 5.74) is -2.01. The topological polar surface area (TPSA) is 126 Å². The van der Waals surface area contributed by atoms with Crippen LogP contribution in [0.4, 0.5) is 8.78 Å². The summed E-state index contributed by atoms with van der Waals surface area (Å²) in [4.78, 5) is 13.7. The molecule has 4 rings (SSSR count). The van der Waals surface area contributed by atoms with Crippen LogP contribution in [0.2, 0.25) is 10.0 Å². The van der Waals surface area contributed by atoms with Gasteiger partial charge in [-0.15, -0.1) is 0 Å². The number of hydrogen-bond donors (Lipinski definition) is 5. The van der Waals surface area contributed by atoms with Gasteiger partial charge in [-0.25, -0.2) is 8.78 Å². The quantitative estimate of drug-likeness (QED) is 0.260. The number of carbonyl (C=O) groups is 1. The van der Waals surface area contributed by atoms with Crippen LogP contribution in [0.15, 0.2) is 48.6 Å². The van der Waals surface area contributed by atoms with E-state index in [0.29, 0.717) is 12.8 Å². The average Bonchev–Trinajstić information content (AvgIpc) is 3.30. The predicted molar refractivity (Wildman–Crippen MR) is 151 cm³/mol. The second-order valence-electron chi connectivity index (χ2n) is 10.7. The molecule has 0 saturated carbocycles. The maximum Gasteiger partial charge on any atom is 0.237 e. The van der Waals surface area contributed by atoms with Crippen LogP contribution in [0.25, 0.3) is 0 Å². The minimum absolute atomic E-state index is 0.0140. The molecule has 7 nitrogen and oxygen atoms in total. The predicted octanol–water partition coefficient (Wildman–Crippen LogP) is 3.98. The van der Waals surface area contributed by atoms with E-state index in [9.17, 15) is 20.3 Å². The molecule has 0 spiro atoms. The lowest BCUT2D eigenvalue weighted by atomic mass is 9.60. The molecule has 1 heterocycles. The molecule has 220 valence electrons. The maximum absolute atomic E-state index is 15.8. The van der Waals surface area contributed by atoms with Gasteiger partial charge in [0.25, 0.3) is 0 Å². The molecule has 1 aliphatic carbocycles. The molecule has 1 aliphatic heterocycles. The van der Waals surface area contributed by atoms with Crippen LogP contribution < -0.4 is 10.6 Å². The van der Waals surface area contributed by atoms with Crippen LogP contribution >= 0.6 is 23.2 Å². The summed E-state index contributed by atoms with van der Waals surface area (Å²) >= 11 is 12.2. The van der Waals surface area contributed by atoms with E-state index in [1.807, 2.05) is 12.2 Å². The minimum atomic E-state index is -1.87. The van der Waals surface area contributed by atoms with Gasteiger partial charge in [-0.1, -0.05) is 53.6 Å². The molecule has 1 amide bonds. The SMILES string of the molecule is N#C[C@]1(c2ccc(Cl)cc2F)[C@H](C(CO)C2CC=CCC2)N[C@@H](C(=O)NCC[C@H](O)CO)[C@@H]1c1cccc(Cl)c1F. The third-order valence-electron chi connectivity index (χ3n) is 8.38. The zero-order valence-electron chi connectivity index (χ0n) is 22.2. The highest BCUT2D eigenvalue weighted by Crippen LogP contribution is 2.53. The Morgan fingerprint density at radius 1 is 1.20 bits per heavy atom. The van der Waals surface area contributed by atoms with Crippen molar-refractivity contribution < 1.29 is 28.9 Å². The molecule has 2 unspecified atom stereocenters. The normalized spacial score (nSPS) is 27.3. The molecule has 1 saturated heterocycles. The fraction of sp³-hybridized carbons (Fsp3) is 0.467. The summed E-state index contributed by atoms with van der Waals surface area (Å²) in [6, 6.07) is 8.19. The number of hydrogen-bond acceptors (Lipinski definition) is 6. The molecule has 11 heteroatoms. The number of benzene rings is 2. The Hall–Kier alpha value is -2.58. The molecule has 2 aromatic carbocycles. The number of rotatable bonds is 10. The second kappa shape index (κ2) is 13.6. The molecule has 2 aromatic rings. The molecular formula is C30H33Cl2F2N3O4. The molecule has 2 aliphatic rings. The number of aliphatic hydroxyl groups is 3. The van der Waals surface area contributed by atoms with E-state index < -0.39 is 59.6 Å². The van der Waals surface area contributed by atoms with Crippen molar-refractivity contribution in [1.29, 1.82) is 5.26 Å². The maximum atomic E-state index is 15.8. The summed E-state index contributed by atoms with van der Waals surface area (Å²) in [5, 5.41) is 46.4. The van der Waals surface area contributed by atoms with E-state index in [2.05, 4.69) is 16.7 Å². The van der Waals surface area contributed by atoms with Crippen LogP contribution in [0.1, 0.15) is 42.7 Å². The molecule has 0 radical (unpaired) electrons. The van der Waals surface area contributed by atoms with Gasteiger partial charge in [0.1, 0.15) is 17.0 Å².